The van der Waals surface area contributed by atoms with Gasteiger partial charge in [0.15, 0.2) is 0 Å². The third-order valence-corrected chi connectivity index (χ3v) is 4.93. The van der Waals surface area contributed by atoms with Crippen molar-refractivity contribution in [2.45, 2.75) is 32.4 Å². The van der Waals surface area contributed by atoms with Crippen LogP contribution in [0, 0.1) is 0 Å². The Morgan fingerprint density at radius 3 is 2.57 bits per heavy atom. The summed E-state index contributed by atoms with van der Waals surface area (Å²) in [5, 5.41) is 2.83. The van der Waals surface area contributed by atoms with Crippen molar-refractivity contribution < 1.29 is 18.0 Å². The van der Waals surface area contributed by atoms with Crippen molar-refractivity contribution in [2.24, 2.45) is 0 Å². The van der Waals surface area contributed by atoms with Gasteiger partial charge in [0.1, 0.15) is 0 Å². The van der Waals surface area contributed by atoms with Crippen molar-refractivity contribution in [3.8, 4) is 0 Å². The predicted octanol–water partition coefficient (Wildman–Crippen LogP) is 3.94. The molecule has 0 aliphatic carbocycles. The highest BCUT2D eigenvalue weighted by Crippen LogP contribution is 2.30. The van der Waals surface area contributed by atoms with E-state index >= 15 is 0 Å². The number of nitrogens with zero attached hydrogens (tertiary/aromatic N) is 3. The number of aromatic nitrogens is 2. The van der Waals surface area contributed by atoms with Crippen LogP contribution in [0.4, 0.5) is 13.2 Å². The Hall–Kier alpha value is -3.26. The first kappa shape index (κ1) is 20.0. The van der Waals surface area contributed by atoms with Crippen LogP contribution in [0.15, 0.2) is 60.9 Å². The molecule has 0 saturated carbocycles. The van der Waals surface area contributed by atoms with Crippen molar-refractivity contribution in [3.05, 3.63) is 94.6 Å². The van der Waals surface area contributed by atoms with Gasteiger partial charge in [-0.1, -0.05) is 18.2 Å². The SMILES string of the molecule is O=C(NCc1ccccn1)c1cnc2c(c1)CN(Cc1ccc(C(F)(F)F)cc1)C2. The molecule has 8 heteroatoms. The van der Waals surface area contributed by atoms with Crippen molar-refractivity contribution in [2.75, 3.05) is 0 Å². The van der Waals surface area contributed by atoms with Gasteiger partial charge >= 0.3 is 6.18 Å². The summed E-state index contributed by atoms with van der Waals surface area (Å²) in [6.45, 7) is 2.02. The van der Waals surface area contributed by atoms with Gasteiger partial charge in [-0.05, 0) is 41.5 Å². The van der Waals surface area contributed by atoms with Crippen LogP contribution in [0.3, 0.4) is 0 Å². The van der Waals surface area contributed by atoms with Crippen LogP contribution in [0.25, 0.3) is 0 Å². The van der Waals surface area contributed by atoms with E-state index in [1.165, 1.54) is 12.1 Å². The number of hydrogen-bond donors (Lipinski definition) is 1. The van der Waals surface area contributed by atoms with E-state index in [9.17, 15) is 18.0 Å². The molecule has 0 fully saturated rings. The fraction of sp³-hybridized carbons (Fsp3) is 0.227. The molecule has 0 unspecified atom stereocenters. The molecular weight excluding hydrogens is 393 g/mol. The number of nitrogens with one attached hydrogen (secondary N) is 1. The fourth-order valence-corrected chi connectivity index (χ4v) is 3.40. The van der Waals surface area contributed by atoms with E-state index in [4.69, 9.17) is 0 Å². The summed E-state index contributed by atoms with van der Waals surface area (Å²) in [6.07, 6.45) is -1.11. The van der Waals surface area contributed by atoms with Crippen LogP contribution in [0.1, 0.15) is 38.4 Å². The molecule has 30 heavy (non-hydrogen) atoms. The van der Waals surface area contributed by atoms with Crippen LogP contribution < -0.4 is 5.32 Å². The molecule has 0 spiro atoms. The summed E-state index contributed by atoms with van der Waals surface area (Å²) in [5.74, 6) is -0.225. The average Bonchev–Trinajstić information content (AvgIpc) is 3.14. The molecule has 1 amide bonds. The van der Waals surface area contributed by atoms with Gasteiger partial charge < -0.3 is 5.32 Å². The van der Waals surface area contributed by atoms with Crippen LogP contribution in [-0.4, -0.2) is 20.8 Å². The first-order valence-electron chi connectivity index (χ1n) is 9.43. The summed E-state index contributed by atoms with van der Waals surface area (Å²) < 4.78 is 38.1. The third-order valence-electron chi connectivity index (χ3n) is 4.93. The zero-order valence-electron chi connectivity index (χ0n) is 16.0. The molecule has 0 bridgehead atoms. The number of fused-ring (bicyclic) bond motifs is 1. The smallest absolute Gasteiger partial charge is 0.346 e. The number of benzene rings is 1. The predicted molar refractivity (Wildman–Crippen MR) is 104 cm³/mol. The molecule has 1 N–H and O–H groups in total. The highest BCUT2D eigenvalue weighted by molar-refractivity contribution is 5.94. The van der Waals surface area contributed by atoms with Gasteiger partial charge in [0.2, 0.25) is 0 Å². The minimum Gasteiger partial charge on any atom is -0.346 e. The van der Waals surface area contributed by atoms with E-state index in [2.05, 4.69) is 20.2 Å². The zero-order chi connectivity index (χ0) is 21.1. The van der Waals surface area contributed by atoms with Crippen LogP contribution >= 0.6 is 0 Å². The number of rotatable bonds is 5. The largest absolute Gasteiger partial charge is 0.416 e. The Labute approximate surface area is 171 Å². The van der Waals surface area contributed by atoms with Crippen molar-refractivity contribution in [1.29, 1.82) is 0 Å². The van der Waals surface area contributed by atoms with E-state index in [1.807, 2.05) is 24.3 Å². The molecule has 1 aliphatic heterocycles. The standard InChI is InChI=1S/C22H19F3N4O/c23-22(24,25)18-6-4-15(5-7-18)12-29-13-17-9-16(10-27-20(17)14-29)21(30)28-11-19-3-1-2-8-26-19/h1-10H,11-14H2,(H,28,30). The molecule has 4 rings (SSSR count). The second-order valence-electron chi connectivity index (χ2n) is 7.17. The molecular formula is C22H19F3N4O. The summed E-state index contributed by atoms with van der Waals surface area (Å²) in [6, 6.07) is 12.5. The molecule has 154 valence electrons. The van der Waals surface area contributed by atoms with Crippen molar-refractivity contribution in [1.82, 2.24) is 20.2 Å². The minimum absolute atomic E-state index is 0.225. The topological polar surface area (TPSA) is 58.1 Å². The van der Waals surface area contributed by atoms with Crippen molar-refractivity contribution in [3.63, 3.8) is 0 Å². The molecule has 0 saturated heterocycles. The summed E-state index contributed by atoms with van der Waals surface area (Å²) in [4.78, 5) is 23.1. The fourth-order valence-electron chi connectivity index (χ4n) is 3.40. The Morgan fingerprint density at radius 2 is 1.87 bits per heavy atom. The lowest BCUT2D eigenvalue weighted by atomic mass is 10.1. The molecule has 1 aliphatic rings. The second-order valence-corrected chi connectivity index (χ2v) is 7.17. The van der Waals surface area contributed by atoms with Gasteiger partial charge in [-0.3, -0.25) is 19.7 Å². The lowest BCUT2D eigenvalue weighted by molar-refractivity contribution is -0.137. The zero-order valence-corrected chi connectivity index (χ0v) is 16.0. The normalized spacial score (nSPS) is 13.8. The van der Waals surface area contributed by atoms with Gasteiger partial charge in [0.25, 0.3) is 5.91 Å². The lowest BCUT2D eigenvalue weighted by Crippen LogP contribution is -2.23. The van der Waals surface area contributed by atoms with Crippen LogP contribution in [0.2, 0.25) is 0 Å². The van der Waals surface area contributed by atoms with E-state index in [-0.39, 0.29) is 5.91 Å². The molecule has 2 aromatic heterocycles. The highest BCUT2D eigenvalue weighted by Gasteiger charge is 2.30. The summed E-state index contributed by atoms with van der Waals surface area (Å²) in [7, 11) is 0. The number of carbonyl (C=O) groups excluding carboxylic acids is 1. The second kappa shape index (κ2) is 8.23. The number of alkyl halides is 3. The van der Waals surface area contributed by atoms with Gasteiger partial charge in [-0.2, -0.15) is 13.2 Å². The van der Waals surface area contributed by atoms with Crippen molar-refractivity contribution >= 4 is 5.91 Å². The maximum atomic E-state index is 12.7. The number of carbonyl (C=O) groups is 1. The van der Waals surface area contributed by atoms with Gasteiger partial charge in [-0.25, -0.2) is 0 Å². The first-order chi connectivity index (χ1) is 14.4. The molecule has 3 aromatic rings. The molecule has 1 aromatic carbocycles. The van der Waals surface area contributed by atoms with E-state index in [0.717, 1.165) is 34.6 Å². The number of amides is 1. The van der Waals surface area contributed by atoms with Gasteiger partial charge in [0.05, 0.1) is 29.1 Å². The maximum Gasteiger partial charge on any atom is 0.416 e. The van der Waals surface area contributed by atoms with E-state index < -0.39 is 11.7 Å². The minimum atomic E-state index is -4.33. The Balaban J connectivity index is 1.37. The van der Waals surface area contributed by atoms with Gasteiger partial charge in [-0.15, -0.1) is 0 Å². The quantitative estimate of drug-likeness (QED) is 0.690. The lowest BCUT2D eigenvalue weighted by Gasteiger charge is -2.15. The maximum absolute atomic E-state index is 12.7. The summed E-state index contributed by atoms with van der Waals surface area (Å²) in [5.41, 5.74) is 3.21. The molecule has 0 atom stereocenters. The van der Waals surface area contributed by atoms with E-state index in [0.29, 0.717) is 31.7 Å². The molecule has 5 nitrogen and oxygen atoms in total. The molecule has 3 heterocycles. The highest BCUT2D eigenvalue weighted by atomic mass is 19.4. The summed E-state index contributed by atoms with van der Waals surface area (Å²) >= 11 is 0. The number of pyridine rings is 2. The first-order valence-corrected chi connectivity index (χ1v) is 9.43. The van der Waals surface area contributed by atoms with Crippen LogP contribution in [0.5, 0.6) is 0 Å². The number of halogens is 3. The monoisotopic (exact) mass is 412 g/mol. The number of hydrogen-bond acceptors (Lipinski definition) is 4. The third kappa shape index (κ3) is 4.65. The Morgan fingerprint density at radius 1 is 1.07 bits per heavy atom. The molecule has 0 radical (unpaired) electrons. The average molecular weight is 412 g/mol. The van der Waals surface area contributed by atoms with Crippen LogP contribution in [-0.2, 0) is 32.4 Å². The van der Waals surface area contributed by atoms with E-state index in [1.54, 1.807) is 12.4 Å². The Bertz CT molecular complexity index is 1040. The Kier molecular flexibility index (Phi) is 5.50. The van der Waals surface area contributed by atoms with Gasteiger partial charge in [0, 0.05) is 32.0 Å².